The minimum atomic E-state index is 0.167. The van der Waals surface area contributed by atoms with Crippen molar-refractivity contribution in [2.45, 2.75) is 69.9 Å². The fourth-order valence-corrected chi connectivity index (χ4v) is 5.79. The van der Waals surface area contributed by atoms with E-state index in [1.54, 1.807) is 7.11 Å². The van der Waals surface area contributed by atoms with Crippen molar-refractivity contribution in [1.82, 2.24) is 14.5 Å². The van der Waals surface area contributed by atoms with E-state index in [4.69, 9.17) is 14.5 Å². The van der Waals surface area contributed by atoms with Crippen LogP contribution < -0.4 is 9.47 Å². The second-order valence-corrected chi connectivity index (χ2v) is 10.0. The number of allylic oxidation sites excluding steroid dienone is 1. The molecular weight excluding hydrogens is 450 g/mol. The van der Waals surface area contributed by atoms with Crippen molar-refractivity contribution in [3.8, 4) is 11.5 Å². The molecule has 1 unspecified atom stereocenters. The van der Waals surface area contributed by atoms with Gasteiger partial charge in [-0.25, -0.2) is 4.98 Å². The zero-order valence-corrected chi connectivity index (χ0v) is 21.3. The van der Waals surface area contributed by atoms with E-state index < -0.39 is 0 Å². The molecule has 1 amide bonds. The molecule has 1 aliphatic heterocycles. The van der Waals surface area contributed by atoms with Gasteiger partial charge in [-0.15, -0.1) is 6.58 Å². The Balaban J connectivity index is 1.23. The molecule has 3 aromatic rings. The van der Waals surface area contributed by atoms with Gasteiger partial charge >= 0.3 is 0 Å². The summed E-state index contributed by atoms with van der Waals surface area (Å²) in [5.74, 6) is 3.06. The number of hydrogen-bond donors (Lipinski definition) is 0. The summed E-state index contributed by atoms with van der Waals surface area (Å²) in [4.78, 5) is 20.0. The molecular formula is C30H37N3O3. The van der Waals surface area contributed by atoms with E-state index in [0.717, 1.165) is 79.1 Å². The maximum atomic E-state index is 12.9. The lowest BCUT2D eigenvalue weighted by Crippen LogP contribution is -2.34. The van der Waals surface area contributed by atoms with Crippen molar-refractivity contribution in [3.63, 3.8) is 0 Å². The van der Waals surface area contributed by atoms with Crippen LogP contribution >= 0.6 is 0 Å². The average Bonchev–Trinajstić information content (AvgIpc) is 3.63. The molecule has 2 aromatic carbocycles. The number of unbranched alkanes of at least 4 members (excludes halogenated alkanes) is 1. The topological polar surface area (TPSA) is 56.6 Å². The van der Waals surface area contributed by atoms with E-state index in [-0.39, 0.29) is 5.92 Å². The van der Waals surface area contributed by atoms with Gasteiger partial charge in [0, 0.05) is 31.5 Å². The highest BCUT2D eigenvalue weighted by molar-refractivity contribution is 5.81. The fraction of sp³-hybridized carbons (Fsp3) is 0.467. The number of nitrogens with zero attached hydrogens (tertiary/aromatic N) is 3. The zero-order valence-electron chi connectivity index (χ0n) is 21.3. The third-order valence-electron chi connectivity index (χ3n) is 7.61. The highest BCUT2D eigenvalue weighted by Gasteiger charge is 2.38. The molecule has 0 N–H and O–H groups in total. The number of likely N-dealkylation sites (tertiary alicyclic amines) is 1. The lowest BCUT2D eigenvalue weighted by molar-refractivity contribution is -0.129. The predicted molar refractivity (Wildman–Crippen MR) is 143 cm³/mol. The lowest BCUT2D eigenvalue weighted by Gasteiger charge is -2.24. The van der Waals surface area contributed by atoms with Crippen LogP contribution in [0.5, 0.6) is 11.5 Å². The molecule has 190 valence electrons. The Morgan fingerprint density at radius 1 is 1.11 bits per heavy atom. The van der Waals surface area contributed by atoms with Gasteiger partial charge in [-0.1, -0.05) is 37.1 Å². The number of ether oxygens (including phenoxy) is 2. The molecule has 1 aliphatic carbocycles. The summed E-state index contributed by atoms with van der Waals surface area (Å²) in [6, 6.07) is 14.8. The molecule has 1 saturated heterocycles. The second kappa shape index (κ2) is 11.2. The smallest absolute Gasteiger partial charge is 0.223 e. The normalized spacial score (nSPS) is 18.3. The Labute approximate surface area is 213 Å². The highest BCUT2D eigenvalue weighted by Crippen LogP contribution is 2.35. The Kier molecular flexibility index (Phi) is 7.59. The summed E-state index contributed by atoms with van der Waals surface area (Å²) >= 11 is 0. The van der Waals surface area contributed by atoms with Crippen LogP contribution in [0.25, 0.3) is 11.0 Å². The number of methoxy groups -OCH3 is 1. The van der Waals surface area contributed by atoms with E-state index in [9.17, 15) is 4.79 Å². The Hall–Kier alpha value is -3.28. The molecule has 1 saturated carbocycles. The number of carbonyl (C=O) groups excluding carboxylic acids is 1. The first-order chi connectivity index (χ1) is 17.7. The van der Waals surface area contributed by atoms with Crippen LogP contribution in [0.2, 0.25) is 0 Å². The van der Waals surface area contributed by atoms with Gasteiger partial charge in [-0.2, -0.15) is 0 Å². The third-order valence-corrected chi connectivity index (χ3v) is 7.61. The van der Waals surface area contributed by atoms with E-state index in [2.05, 4.69) is 40.3 Å². The molecule has 0 radical (unpaired) electrons. The Morgan fingerprint density at radius 3 is 2.75 bits per heavy atom. The molecule has 6 nitrogen and oxygen atoms in total. The molecule has 5 rings (SSSR count). The number of imidazole rings is 1. The van der Waals surface area contributed by atoms with Crippen molar-refractivity contribution in [1.29, 1.82) is 0 Å². The van der Waals surface area contributed by atoms with Gasteiger partial charge in [-0.3, -0.25) is 4.79 Å². The third kappa shape index (κ3) is 5.13. The van der Waals surface area contributed by atoms with Gasteiger partial charge in [0.2, 0.25) is 5.91 Å². The summed E-state index contributed by atoms with van der Waals surface area (Å²) in [6.07, 6.45) is 9.94. The first kappa shape index (κ1) is 24.4. The lowest BCUT2D eigenvalue weighted by atomic mass is 10.1. The number of para-hydroxylation sites is 2. The molecule has 6 heteroatoms. The van der Waals surface area contributed by atoms with Gasteiger partial charge in [-0.05, 0) is 61.9 Å². The summed E-state index contributed by atoms with van der Waals surface area (Å²) < 4.78 is 13.9. The van der Waals surface area contributed by atoms with Crippen LogP contribution in [0.1, 0.15) is 62.3 Å². The number of rotatable bonds is 11. The van der Waals surface area contributed by atoms with E-state index in [1.165, 1.54) is 12.8 Å². The van der Waals surface area contributed by atoms with Gasteiger partial charge < -0.3 is 18.9 Å². The van der Waals surface area contributed by atoms with Gasteiger partial charge in [0.15, 0.2) is 11.5 Å². The van der Waals surface area contributed by atoms with Crippen molar-refractivity contribution in [2.75, 3.05) is 20.3 Å². The quantitative estimate of drug-likeness (QED) is 0.250. The fourth-order valence-electron chi connectivity index (χ4n) is 5.79. The van der Waals surface area contributed by atoms with E-state index in [0.29, 0.717) is 25.0 Å². The first-order valence-corrected chi connectivity index (χ1v) is 13.3. The molecule has 2 aliphatic rings. The Bertz CT molecular complexity index is 1210. The van der Waals surface area contributed by atoms with E-state index >= 15 is 0 Å². The van der Waals surface area contributed by atoms with Crippen molar-refractivity contribution in [3.05, 3.63) is 66.5 Å². The molecule has 1 atom stereocenters. The summed E-state index contributed by atoms with van der Waals surface area (Å²) in [5.41, 5.74) is 3.32. The van der Waals surface area contributed by atoms with Gasteiger partial charge in [0.05, 0.1) is 24.8 Å². The average molecular weight is 488 g/mol. The highest BCUT2D eigenvalue weighted by atomic mass is 16.5. The Morgan fingerprint density at radius 2 is 1.94 bits per heavy atom. The first-order valence-electron chi connectivity index (χ1n) is 13.3. The molecule has 0 spiro atoms. The number of hydrogen-bond acceptors (Lipinski definition) is 4. The monoisotopic (exact) mass is 487 g/mol. The number of amides is 1. The van der Waals surface area contributed by atoms with Crippen LogP contribution in [-0.2, 0) is 17.8 Å². The van der Waals surface area contributed by atoms with Crippen LogP contribution in [0, 0.1) is 0 Å². The molecule has 2 fully saturated rings. The molecule has 0 bridgehead atoms. The zero-order chi connectivity index (χ0) is 24.9. The van der Waals surface area contributed by atoms with Crippen LogP contribution in [0.15, 0.2) is 55.1 Å². The second-order valence-electron chi connectivity index (χ2n) is 10.0. The summed E-state index contributed by atoms with van der Waals surface area (Å²) in [7, 11) is 1.67. The van der Waals surface area contributed by atoms with Gasteiger partial charge in [0.25, 0.3) is 0 Å². The van der Waals surface area contributed by atoms with Gasteiger partial charge in [0.1, 0.15) is 5.82 Å². The van der Waals surface area contributed by atoms with Crippen molar-refractivity contribution in [2.24, 2.45) is 0 Å². The molecule has 2 heterocycles. The summed E-state index contributed by atoms with van der Waals surface area (Å²) in [5, 5.41) is 0. The number of aromatic nitrogens is 2. The number of carbonyl (C=O) groups is 1. The van der Waals surface area contributed by atoms with Crippen molar-refractivity contribution < 1.29 is 14.3 Å². The summed E-state index contributed by atoms with van der Waals surface area (Å²) in [6.45, 7) is 6.09. The number of aryl methyl sites for hydroxylation is 1. The van der Waals surface area contributed by atoms with Crippen LogP contribution in [0.3, 0.4) is 0 Å². The number of benzene rings is 2. The van der Waals surface area contributed by atoms with E-state index in [1.807, 2.05) is 24.3 Å². The standard InChI is InChI=1S/C30H37N3O3/c1-3-10-22-15-16-27(28(19-22)35-2)36-18-9-8-17-32-26-14-7-6-13-25(26)31-30(32)23-20-29(34)33(21-23)24-11-4-5-12-24/h3,6-7,13-16,19,23-24H,1,4-5,8-12,17-18,20-21H2,2H3. The predicted octanol–water partition coefficient (Wildman–Crippen LogP) is 5.89. The molecule has 1 aromatic heterocycles. The molecule has 36 heavy (non-hydrogen) atoms. The SMILES string of the molecule is C=CCc1ccc(OCCCCn2c(C3CC(=O)N(C4CCCC4)C3)nc3ccccc32)c(OC)c1. The maximum absolute atomic E-state index is 12.9. The minimum Gasteiger partial charge on any atom is -0.493 e. The van der Waals surface area contributed by atoms with Crippen LogP contribution in [0.4, 0.5) is 0 Å². The minimum absolute atomic E-state index is 0.167. The maximum Gasteiger partial charge on any atom is 0.223 e. The van der Waals surface area contributed by atoms with Crippen LogP contribution in [-0.4, -0.2) is 46.7 Å². The number of fused-ring (bicyclic) bond motifs is 1. The van der Waals surface area contributed by atoms with Crippen molar-refractivity contribution >= 4 is 16.9 Å². The largest absolute Gasteiger partial charge is 0.493 e.